The van der Waals surface area contributed by atoms with Crippen LogP contribution in [0.5, 0.6) is 5.75 Å². The summed E-state index contributed by atoms with van der Waals surface area (Å²) in [4.78, 5) is 22.4. The molecule has 6 nitrogen and oxygen atoms in total. The Hall–Kier alpha value is -1.98. The van der Waals surface area contributed by atoms with Gasteiger partial charge in [0.15, 0.2) is 11.4 Å². The fourth-order valence-corrected chi connectivity index (χ4v) is 1.40. The molecule has 0 radical (unpaired) electrons. The molecule has 0 saturated heterocycles. The van der Waals surface area contributed by atoms with Crippen molar-refractivity contribution in [2.45, 2.75) is 6.92 Å². The number of esters is 1. The van der Waals surface area contributed by atoms with Crippen LogP contribution in [0, 0.1) is 0 Å². The molecular formula is C10H13NO5. The maximum atomic E-state index is 11.6. The molecule has 0 aliphatic carbocycles. The Labute approximate surface area is 92.4 Å². The van der Waals surface area contributed by atoms with Crippen molar-refractivity contribution in [2.24, 2.45) is 7.05 Å². The molecule has 1 N–H and O–H groups in total. The summed E-state index contributed by atoms with van der Waals surface area (Å²) in [6.45, 7) is 1.89. The first-order valence-electron chi connectivity index (χ1n) is 4.66. The Morgan fingerprint density at radius 3 is 2.56 bits per heavy atom. The van der Waals surface area contributed by atoms with E-state index in [1.165, 1.54) is 17.9 Å². The van der Waals surface area contributed by atoms with Crippen LogP contribution in [0.25, 0.3) is 0 Å². The third-order valence-corrected chi connectivity index (χ3v) is 2.04. The van der Waals surface area contributed by atoms with Gasteiger partial charge in [-0.15, -0.1) is 0 Å². The minimum atomic E-state index is -1.15. The Kier molecular flexibility index (Phi) is 3.55. The molecular weight excluding hydrogens is 214 g/mol. The number of ether oxygens (including phenoxy) is 2. The van der Waals surface area contributed by atoms with E-state index >= 15 is 0 Å². The summed E-state index contributed by atoms with van der Waals surface area (Å²) < 4.78 is 11.1. The Bertz CT molecular complexity index is 421. The van der Waals surface area contributed by atoms with Crippen LogP contribution in [0.2, 0.25) is 0 Å². The van der Waals surface area contributed by atoms with Gasteiger partial charge in [0.2, 0.25) is 0 Å². The van der Waals surface area contributed by atoms with Crippen molar-refractivity contribution in [1.82, 2.24) is 4.57 Å². The standard InChI is InChI=1S/C10H13NO5/c1-4-16-10(14)7-8(15-3)6(9(12)13)5-11(7)2/h5H,4H2,1-3H3,(H,12,13). The molecule has 1 rings (SSSR count). The Balaban J connectivity index is 3.27. The zero-order valence-electron chi connectivity index (χ0n) is 9.31. The minimum absolute atomic E-state index is 0.0217. The number of rotatable bonds is 4. The molecule has 0 bridgehead atoms. The summed E-state index contributed by atoms with van der Waals surface area (Å²) in [7, 11) is 2.87. The van der Waals surface area contributed by atoms with Gasteiger partial charge in [0.05, 0.1) is 13.7 Å². The highest BCUT2D eigenvalue weighted by Gasteiger charge is 2.25. The Morgan fingerprint density at radius 2 is 2.12 bits per heavy atom. The topological polar surface area (TPSA) is 77.8 Å². The van der Waals surface area contributed by atoms with Gasteiger partial charge < -0.3 is 19.1 Å². The SMILES string of the molecule is CCOC(=O)c1c(OC)c(C(=O)O)cn1C. The number of aromatic carboxylic acids is 1. The second-order valence-electron chi connectivity index (χ2n) is 3.06. The van der Waals surface area contributed by atoms with Gasteiger partial charge in [-0.2, -0.15) is 0 Å². The molecule has 1 aromatic heterocycles. The lowest BCUT2D eigenvalue weighted by atomic mass is 10.3. The lowest BCUT2D eigenvalue weighted by molar-refractivity contribution is 0.0511. The number of carbonyl (C=O) groups is 2. The van der Waals surface area contributed by atoms with Crippen LogP contribution in [0.1, 0.15) is 27.8 Å². The predicted molar refractivity (Wildman–Crippen MR) is 54.9 cm³/mol. The number of carboxylic acids is 1. The summed E-state index contributed by atoms with van der Waals surface area (Å²) in [6.07, 6.45) is 1.31. The van der Waals surface area contributed by atoms with E-state index in [1.54, 1.807) is 14.0 Å². The highest BCUT2D eigenvalue weighted by Crippen LogP contribution is 2.26. The number of carbonyl (C=O) groups excluding carboxylic acids is 1. The number of aryl methyl sites for hydroxylation is 1. The third kappa shape index (κ3) is 2.00. The summed E-state index contributed by atoms with van der Waals surface area (Å²) in [5, 5.41) is 8.90. The molecule has 0 atom stereocenters. The molecule has 0 fully saturated rings. The fraction of sp³-hybridized carbons (Fsp3) is 0.400. The molecule has 6 heteroatoms. The monoisotopic (exact) mass is 227 g/mol. The number of hydrogen-bond donors (Lipinski definition) is 1. The number of carboxylic acid groups (broad SMARTS) is 1. The molecule has 88 valence electrons. The molecule has 0 spiro atoms. The maximum absolute atomic E-state index is 11.6. The molecule has 0 unspecified atom stereocenters. The van der Waals surface area contributed by atoms with Gasteiger partial charge in [-0.25, -0.2) is 9.59 Å². The van der Waals surface area contributed by atoms with Crippen LogP contribution < -0.4 is 4.74 Å². The molecule has 16 heavy (non-hydrogen) atoms. The van der Waals surface area contributed by atoms with E-state index < -0.39 is 11.9 Å². The fourth-order valence-electron chi connectivity index (χ4n) is 1.40. The van der Waals surface area contributed by atoms with E-state index in [0.717, 1.165) is 0 Å². The number of aromatic nitrogens is 1. The van der Waals surface area contributed by atoms with Gasteiger partial charge in [-0.1, -0.05) is 0 Å². The van der Waals surface area contributed by atoms with Crippen molar-refractivity contribution in [3.8, 4) is 5.75 Å². The molecule has 1 aromatic rings. The first-order valence-corrected chi connectivity index (χ1v) is 4.66. The van der Waals surface area contributed by atoms with Gasteiger partial charge in [-0.3, -0.25) is 0 Å². The third-order valence-electron chi connectivity index (χ3n) is 2.04. The van der Waals surface area contributed by atoms with Crippen molar-refractivity contribution in [2.75, 3.05) is 13.7 Å². The first-order chi connectivity index (χ1) is 7.52. The van der Waals surface area contributed by atoms with Crippen molar-refractivity contribution in [1.29, 1.82) is 0 Å². The highest BCUT2D eigenvalue weighted by molar-refractivity contribution is 5.99. The Morgan fingerprint density at radius 1 is 1.50 bits per heavy atom. The van der Waals surface area contributed by atoms with Gasteiger partial charge in [0.1, 0.15) is 5.56 Å². The minimum Gasteiger partial charge on any atom is -0.493 e. The van der Waals surface area contributed by atoms with Crippen LogP contribution >= 0.6 is 0 Å². The van der Waals surface area contributed by atoms with E-state index in [1.807, 2.05) is 0 Å². The van der Waals surface area contributed by atoms with Crippen LogP contribution in [0.15, 0.2) is 6.20 Å². The lowest BCUT2D eigenvalue weighted by Gasteiger charge is -2.05. The van der Waals surface area contributed by atoms with E-state index in [2.05, 4.69) is 0 Å². The van der Waals surface area contributed by atoms with Crippen LogP contribution in [0.4, 0.5) is 0 Å². The van der Waals surface area contributed by atoms with E-state index in [-0.39, 0.29) is 23.6 Å². The summed E-state index contributed by atoms with van der Waals surface area (Å²) >= 11 is 0. The van der Waals surface area contributed by atoms with Crippen molar-refractivity contribution >= 4 is 11.9 Å². The average Bonchev–Trinajstić information content (AvgIpc) is 2.55. The number of methoxy groups -OCH3 is 1. The predicted octanol–water partition coefficient (Wildman–Crippen LogP) is 0.909. The van der Waals surface area contributed by atoms with Crippen molar-refractivity contribution < 1.29 is 24.2 Å². The zero-order chi connectivity index (χ0) is 12.3. The van der Waals surface area contributed by atoms with Crippen molar-refractivity contribution in [3.63, 3.8) is 0 Å². The second kappa shape index (κ2) is 4.69. The first kappa shape index (κ1) is 12.1. The second-order valence-corrected chi connectivity index (χ2v) is 3.06. The van der Waals surface area contributed by atoms with Crippen molar-refractivity contribution in [3.05, 3.63) is 17.5 Å². The van der Waals surface area contributed by atoms with Crippen LogP contribution in [0.3, 0.4) is 0 Å². The van der Waals surface area contributed by atoms with E-state index in [4.69, 9.17) is 14.6 Å². The maximum Gasteiger partial charge on any atom is 0.358 e. The average molecular weight is 227 g/mol. The van der Waals surface area contributed by atoms with E-state index in [0.29, 0.717) is 0 Å². The molecule has 1 heterocycles. The quantitative estimate of drug-likeness (QED) is 0.773. The van der Waals surface area contributed by atoms with Crippen LogP contribution in [-0.4, -0.2) is 35.3 Å². The smallest absolute Gasteiger partial charge is 0.358 e. The number of hydrogen-bond acceptors (Lipinski definition) is 4. The zero-order valence-corrected chi connectivity index (χ0v) is 9.31. The largest absolute Gasteiger partial charge is 0.493 e. The molecule has 0 aliphatic rings. The molecule has 0 aromatic carbocycles. The van der Waals surface area contributed by atoms with E-state index in [9.17, 15) is 9.59 Å². The normalized spacial score (nSPS) is 9.94. The molecule has 0 amide bonds. The lowest BCUT2D eigenvalue weighted by Crippen LogP contribution is -2.11. The summed E-state index contributed by atoms with van der Waals surface area (Å²) in [5.41, 5.74) is 0.0369. The summed E-state index contributed by atoms with van der Waals surface area (Å²) in [5.74, 6) is -1.73. The van der Waals surface area contributed by atoms with Crippen LogP contribution in [-0.2, 0) is 11.8 Å². The molecule has 0 aliphatic heterocycles. The number of nitrogens with zero attached hydrogens (tertiary/aromatic N) is 1. The van der Waals surface area contributed by atoms with Gasteiger partial charge in [-0.05, 0) is 6.92 Å². The highest BCUT2D eigenvalue weighted by atomic mass is 16.5. The van der Waals surface area contributed by atoms with Gasteiger partial charge in [0, 0.05) is 13.2 Å². The molecule has 0 saturated carbocycles. The van der Waals surface area contributed by atoms with Gasteiger partial charge >= 0.3 is 11.9 Å². The van der Waals surface area contributed by atoms with Gasteiger partial charge in [0.25, 0.3) is 0 Å². The summed E-state index contributed by atoms with van der Waals surface area (Å²) in [6, 6.07) is 0.